The average Bonchev–Trinajstić information content (AvgIpc) is 3.32. The average molecular weight is 443 g/mol. The number of hydrogen-bond donors (Lipinski definition) is 3. The van der Waals surface area contributed by atoms with E-state index in [1.54, 1.807) is 16.8 Å². The van der Waals surface area contributed by atoms with Crippen LogP contribution in [0.2, 0.25) is 0 Å². The van der Waals surface area contributed by atoms with Crippen LogP contribution < -0.4 is 15.4 Å². The van der Waals surface area contributed by atoms with Gasteiger partial charge in [0.25, 0.3) is 5.91 Å². The first kappa shape index (κ1) is 22.1. The summed E-state index contributed by atoms with van der Waals surface area (Å²) in [6.07, 6.45) is 8.50. The monoisotopic (exact) mass is 442 g/mol. The van der Waals surface area contributed by atoms with Gasteiger partial charge < -0.3 is 15.3 Å². The SMILES string of the molecule is CC(C)C[n+]1c(O)c(C(=O)NC2CC2)c(=O)n2[nH]cc(/C=C/C(=O)N3[C@H](C)CC[C@H]3C)c21. The van der Waals surface area contributed by atoms with Gasteiger partial charge in [-0.2, -0.15) is 4.57 Å². The molecule has 172 valence electrons. The molecule has 2 aliphatic rings. The molecule has 1 saturated carbocycles. The van der Waals surface area contributed by atoms with Crippen LogP contribution in [0.25, 0.3) is 11.7 Å². The molecule has 2 aromatic rings. The van der Waals surface area contributed by atoms with Crippen molar-refractivity contribution in [1.82, 2.24) is 19.8 Å². The Morgan fingerprint density at radius 2 is 1.91 bits per heavy atom. The summed E-state index contributed by atoms with van der Waals surface area (Å²) in [7, 11) is 0. The second-order valence-corrected chi connectivity index (χ2v) is 9.50. The first-order chi connectivity index (χ1) is 15.2. The highest BCUT2D eigenvalue weighted by Gasteiger charge is 2.34. The molecular formula is C23H32N5O4+. The number of carbonyl (C=O) groups is 2. The molecule has 0 bridgehead atoms. The molecule has 2 aromatic heterocycles. The minimum absolute atomic E-state index is 0.0593. The van der Waals surface area contributed by atoms with Crippen LogP contribution in [-0.4, -0.2) is 49.6 Å². The number of H-pyrrole nitrogens is 1. The quantitative estimate of drug-likeness (QED) is 0.466. The molecule has 4 rings (SSSR count). The molecule has 0 radical (unpaired) electrons. The normalized spacial score (nSPS) is 21.2. The fraction of sp³-hybridized carbons (Fsp3) is 0.565. The molecular weight excluding hydrogens is 410 g/mol. The molecule has 9 heteroatoms. The number of nitrogens with one attached hydrogen (secondary N) is 2. The predicted molar refractivity (Wildman–Crippen MR) is 119 cm³/mol. The van der Waals surface area contributed by atoms with Crippen LogP contribution in [0.3, 0.4) is 0 Å². The lowest BCUT2D eigenvalue weighted by Crippen LogP contribution is -2.46. The zero-order valence-electron chi connectivity index (χ0n) is 19.1. The van der Waals surface area contributed by atoms with Crippen molar-refractivity contribution in [3.05, 3.63) is 33.8 Å². The summed E-state index contributed by atoms with van der Waals surface area (Å²) in [5, 5.41) is 16.6. The summed E-state index contributed by atoms with van der Waals surface area (Å²) in [5.74, 6) is -0.861. The maximum atomic E-state index is 13.1. The Morgan fingerprint density at radius 3 is 2.50 bits per heavy atom. The van der Waals surface area contributed by atoms with Gasteiger partial charge in [-0.3, -0.25) is 9.59 Å². The number of fused-ring (bicyclic) bond motifs is 1. The summed E-state index contributed by atoms with van der Waals surface area (Å²) in [6.45, 7) is 8.46. The molecule has 32 heavy (non-hydrogen) atoms. The zero-order chi connectivity index (χ0) is 23.2. The van der Waals surface area contributed by atoms with E-state index in [0.717, 1.165) is 25.7 Å². The van der Waals surface area contributed by atoms with E-state index in [-0.39, 0.29) is 41.4 Å². The number of nitrogens with zero attached hydrogens (tertiary/aromatic N) is 3. The maximum Gasteiger partial charge on any atom is 0.378 e. The van der Waals surface area contributed by atoms with Crippen molar-refractivity contribution in [2.24, 2.45) is 5.92 Å². The lowest BCUT2D eigenvalue weighted by atomic mass is 10.2. The Bertz CT molecular complexity index is 1130. The van der Waals surface area contributed by atoms with Gasteiger partial charge in [0.15, 0.2) is 0 Å². The van der Waals surface area contributed by atoms with Crippen LogP contribution in [0.1, 0.15) is 69.3 Å². The summed E-state index contributed by atoms with van der Waals surface area (Å²) in [6, 6.07) is 0.439. The summed E-state index contributed by atoms with van der Waals surface area (Å²) in [4.78, 5) is 40.4. The van der Waals surface area contributed by atoms with Crippen LogP contribution in [0.15, 0.2) is 17.1 Å². The first-order valence-electron chi connectivity index (χ1n) is 11.4. The molecule has 3 heterocycles. The third-order valence-electron chi connectivity index (χ3n) is 6.27. The van der Waals surface area contributed by atoms with Crippen molar-refractivity contribution < 1.29 is 19.3 Å². The van der Waals surface area contributed by atoms with Gasteiger partial charge in [0.05, 0.1) is 18.3 Å². The Balaban J connectivity index is 1.77. The van der Waals surface area contributed by atoms with Crippen LogP contribution in [-0.2, 0) is 11.3 Å². The van der Waals surface area contributed by atoms with Gasteiger partial charge in [-0.15, -0.1) is 0 Å². The molecule has 0 aromatic carbocycles. The Labute approximate surface area is 186 Å². The maximum absolute atomic E-state index is 13.1. The third kappa shape index (κ3) is 4.03. The van der Waals surface area contributed by atoms with Crippen molar-refractivity contribution in [2.45, 2.75) is 78.0 Å². The lowest BCUT2D eigenvalue weighted by Gasteiger charge is -2.24. The van der Waals surface area contributed by atoms with Crippen molar-refractivity contribution in [3.8, 4) is 5.88 Å². The second-order valence-electron chi connectivity index (χ2n) is 9.50. The van der Waals surface area contributed by atoms with Crippen molar-refractivity contribution in [2.75, 3.05) is 0 Å². The number of aromatic hydroxyl groups is 1. The van der Waals surface area contributed by atoms with Gasteiger partial charge in [0.2, 0.25) is 11.5 Å². The molecule has 0 unspecified atom stereocenters. The Kier molecular flexibility index (Phi) is 5.83. The van der Waals surface area contributed by atoms with Crippen molar-refractivity contribution in [3.63, 3.8) is 0 Å². The van der Waals surface area contributed by atoms with Crippen LogP contribution in [0.5, 0.6) is 5.88 Å². The minimum atomic E-state index is -0.622. The van der Waals surface area contributed by atoms with Gasteiger partial charge in [0, 0.05) is 24.2 Å². The minimum Gasteiger partial charge on any atom is -0.477 e. The molecule has 9 nitrogen and oxygen atoms in total. The molecule has 2 amide bonds. The highest BCUT2D eigenvalue weighted by atomic mass is 16.3. The predicted octanol–water partition coefficient (Wildman–Crippen LogP) is 1.58. The van der Waals surface area contributed by atoms with E-state index in [1.165, 1.54) is 10.6 Å². The van der Waals surface area contributed by atoms with Gasteiger partial charge in [0.1, 0.15) is 0 Å². The van der Waals surface area contributed by atoms with E-state index in [1.807, 2.05) is 32.6 Å². The van der Waals surface area contributed by atoms with E-state index < -0.39 is 11.5 Å². The van der Waals surface area contributed by atoms with Crippen molar-refractivity contribution in [1.29, 1.82) is 0 Å². The number of amides is 2. The second kappa shape index (κ2) is 8.44. The standard InChI is InChI=1S/C23H31N5O4/c1-13(2)12-26-21-16(7-10-18(29)27-14(3)5-6-15(27)4)11-24-28(21)23(32)19(22(26)31)20(30)25-17-8-9-17/h7,10-11,13-15,17H,5-6,8-9,12H2,1-4H3,(H2,25,30,31,32)/p+1/b10-7+/t14-,15-/m1/s1. The van der Waals surface area contributed by atoms with Crippen LogP contribution in [0.4, 0.5) is 0 Å². The molecule has 0 spiro atoms. The van der Waals surface area contributed by atoms with Crippen LogP contribution >= 0.6 is 0 Å². The van der Waals surface area contributed by atoms with Gasteiger partial charge in [-0.25, -0.2) is 9.89 Å². The Morgan fingerprint density at radius 1 is 1.25 bits per heavy atom. The number of hydrogen-bond acceptors (Lipinski definition) is 4. The van der Waals surface area contributed by atoms with E-state index in [0.29, 0.717) is 17.8 Å². The number of likely N-dealkylation sites (tertiary alicyclic amines) is 1. The third-order valence-corrected chi connectivity index (χ3v) is 6.27. The molecule has 1 saturated heterocycles. The molecule has 2 atom stereocenters. The fourth-order valence-corrected chi connectivity index (χ4v) is 4.48. The lowest BCUT2D eigenvalue weighted by molar-refractivity contribution is -0.686. The summed E-state index contributed by atoms with van der Waals surface area (Å²) in [5.41, 5.74) is 0.0995. The number of carbonyl (C=O) groups excluding carboxylic acids is 2. The summed E-state index contributed by atoms with van der Waals surface area (Å²) < 4.78 is 2.82. The molecule has 3 N–H and O–H groups in total. The highest BCUT2D eigenvalue weighted by Crippen LogP contribution is 2.24. The van der Waals surface area contributed by atoms with E-state index in [2.05, 4.69) is 10.4 Å². The van der Waals surface area contributed by atoms with Gasteiger partial charge >= 0.3 is 17.1 Å². The summed E-state index contributed by atoms with van der Waals surface area (Å²) >= 11 is 0. The van der Waals surface area contributed by atoms with Gasteiger partial charge in [-0.05, 0) is 51.5 Å². The first-order valence-corrected chi connectivity index (χ1v) is 11.4. The molecule has 1 aliphatic heterocycles. The molecule has 1 aliphatic carbocycles. The fourth-order valence-electron chi connectivity index (χ4n) is 4.48. The largest absolute Gasteiger partial charge is 0.477 e. The van der Waals surface area contributed by atoms with Gasteiger partial charge in [-0.1, -0.05) is 18.4 Å². The van der Waals surface area contributed by atoms with Crippen LogP contribution in [0, 0.1) is 5.92 Å². The number of rotatable bonds is 6. The van der Waals surface area contributed by atoms with E-state index in [9.17, 15) is 19.5 Å². The topological polar surface area (TPSA) is 111 Å². The highest BCUT2D eigenvalue weighted by molar-refractivity contribution is 5.96. The van der Waals surface area contributed by atoms with E-state index >= 15 is 0 Å². The number of aromatic nitrogens is 3. The molecule has 2 fully saturated rings. The smallest absolute Gasteiger partial charge is 0.378 e. The number of aromatic amines is 1. The van der Waals surface area contributed by atoms with E-state index in [4.69, 9.17) is 0 Å². The Hall–Kier alpha value is -3.10. The van der Waals surface area contributed by atoms with Crippen molar-refractivity contribution >= 4 is 23.5 Å². The zero-order valence-corrected chi connectivity index (χ0v) is 19.1.